The van der Waals surface area contributed by atoms with Gasteiger partial charge in [-0.3, -0.25) is 14.2 Å². The fraction of sp³-hybridized carbons (Fsp3) is 0.613. The third-order valence-corrected chi connectivity index (χ3v) is 6.30. The van der Waals surface area contributed by atoms with E-state index >= 15 is 0 Å². The van der Waals surface area contributed by atoms with Crippen LogP contribution in [0.5, 0.6) is 0 Å². The maximum absolute atomic E-state index is 12.3. The second kappa shape index (κ2) is 24.3. The lowest BCUT2D eigenvalue weighted by atomic mass is 10.2. The lowest BCUT2D eigenvalue weighted by Gasteiger charge is -2.28. The molecule has 0 fully saturated rings. The Bertz CT molecular complexity index is 902. The molecule has 0 spiro atoms. The van der Waals surface area contributed by atoms with Crippen LogP contribution in [0.4, 0.5) is 0 Å². The Morgan fingerprint density at radius 3 is 1.83 bits per heavy atom. The van der Waals surface area contributed by atoms with Gasteiger partial charge >= 0.3 is 11.9 Å². The molecular formula is C31H52NO8P. The molecule has 0 saturated carbocycles. The van der Waals surface area contributed by atoms with E-state index in [0.29, 0.717) is 23.9 Å². The van der Waals surface area contributed by atoms with Crippen molar-refractivity contribution in [2.45, 2.75) is 77.7 Å². The standard InChI is InChI=1S/C31H52NO8P/c1-6-8-10-11-12-13-14-15-16-17-18-19-20-21-22-24-31(34)40-29(27-37-30(33)23-9-7-2)28-39-41(35,36)38-26-25-32(3,4)5/h8,10,12-13,15-16,18-19,21-22,29H,6-7,9,11,14,17,20,23-28H2,1-5H3/b10-8-,13-12-,16-15-,19-18-,22-21-. The molecule has 41 heavy (non-hydrogen) atoms. The summed E-state index contributed by atoms with van der Waals surface area (Å²) in [7, 11) is 1.09. The molecule has 0 heterocycles. The summed E-state index contributed by atoms with van der Waals surface area (Å²) in [6.07, 6.45) is 25.5. The molecule has 234 valence electrons. The van der Waals surface area contributed by atoms with Gasteiger partial charge in [0.2, 0.25) is 0 Å². The quantitative estimate of drug-likeness (QED) is 0.0578. The highest BCUT2D eigenvalue weighted by Gasteiger charge is 2.21. The molecule has 10 heteroatoms. The van der Waals surface area contributed by atoms with Gasteiger partial charge in [0.1, 0.15) is 19.8 Å². The number of hydrogen-bond acceptors (Lipinski definition) is 8. The van der Waals surface area contributed by atoms with Gasteiger partial charge in [0, 0.05) is 6.42 Å². The van der Waals surface area contributed by atoms with Crippen LogP contribution in [0.3, 0.4) is 0 Å². The van der Waals surface area contributed by atoms with Crippen molar-refractivity contribution < 1.29 is 42.1 Å². The van der Waals surface area contributed by atoms with Crippen LogP contribution in [0.1, 0.15) is 71.6 Å². The topological polar surface area (TPSA) is 111 Å². The first kappa shape index (κ1) is 38.7. The van der Waals surface area contributed by atoms with Crippen molar-refractivity contribution in [3.05, 3.63) is 60.8 Å². The van der Waals surface area contributed by atoms with Gasteiger partial charge in [-0.05, 0) is 38.5 Å². The smallest absolute Gasteiger partial charge is 0.310 e. The summed E-state index contributed by atoms with van der Waals surface area (Å²) in [6.45, 7) is 3.66. The number of phosphoric acid groups is 1. The SMILES string of the molecule is CC/C=C\C/C=C\C/C=C\C/C=C\C/C=C\CC(=O)OC(COC(=O)CCCC)COP(=O)([O-])OCC[N+](C)(C)C. The van der Waals surface area contributed by atoms with E-state index in [1.54, 1.807) is 6.08 Å². The highest BCUT2D eigenvalue weighted by atomic mass is 31.2. The summed E-state index contributed by atoms with van der Waals surface area (Å²) in [6, 6.07) is 0. The van der Waals surface area contributed by atoms with Crippen LogP contribution in [0.25, 0.3) is 0 Å². The van der Waals surface area contributed by atoms with Crippen LogP contribution in [0.15, 0.2) is 60.8 Å². The lowest BCUT2D eigenvalue weighted by Crippen LogP contribution is -2.37. The van der Waals surface area contributed by atoms with E-state index in [-0.39, 0.29) is 26.1 Å². The summed E-state index contributed by atoms with van der Waals surface area (Å²) in [4.78, 5) is 36.3. The number of hydrogen-bond donors (Lipinski definition) is 0. The Morgan fingerprint density at radius 2 is 1.32 bits per heavy atom. The molecule has 0 aromatic carbocycles. The normalized spacial score (nSPS) is 15.0. The largest absolute Gasteiger partial charge is 0.756 e. The Morgan fingerprint density at radius 1 is 0.780 bits per heavy atom. The van der Waals surface area contributed by atoms with Crippen LogP contribution in [0, 0.1) is 0 Å². The van der Waals surface area contributed by atoms with Gasteiger partial charge in [-0.15, -0.1) is 0 Å². The van der Waals surface area contributed by atoms with Gasteiger partial charge in [-0.1, -0.05) is 81.0 Å². The third kappa shape index (κ3) is 27.6. The first-order valence-electron chi connectivity index (χ1n) is 14.5. The van der Waals surface area contributed by atoms with E-state index in [0.717, 1.165) is 32.1 Å². The Hall–Kier alpha value is -2.29. The maximum atomic E-state index is 12.3. The summed E-state index contributed by atoms with van der Waals surface area (Å²) in [5.41, 5.74) is 0. The zero-order chi connectivity index (χ0) is 30.8. The Labute approximate surface area is 247 Å². The highest BCUT2D eigenvalue weighted by Crippen LogP contribution is 2.38. The average Bonchev–Trinajstić information content (AvgIpc) is 2.90. The Kier molecular flexibility index (Phi) is 23.0. The Balaban J connectivity index is 4.56. The molecule has 0 saturated heterocycles. The van der Waals surface area contributed by atoms with Gasteiger partial charge in [-0.2, -0.15) is 0 Å². The van der Waals surface area contributed by atoms with Crippen molar-refractivity contribution in [2.75, 3.05) is 47.5 Å². The molecule has 0 aliphatic rings. The maximum Gasteiger partial charge on any atom is 0.310 e. The van der Waals surface area contributed by atoms with E-state index in [1.807, 2.05) is 40.2 Å². The van der Waals surface area contributed by atoms with Crippen molar-refractivity contribution in [2.24, 2.45) is 0 Å². The van der Waals surface area contributed by atoms with Gasteiger partial charge in [0.15, 0.2) is 6.10 Å². The molecule has 0 radical (unpaired) electrons. The molecule has 0 aliphatic heterocycles. The molecule has 9 nitrogen and oxygen atoms in total. The summed E-state index contributed by atoms with van der Waals surface area (Å²) in [5, 5.41) is 0. The predicted octanol–water partition coefficient (Wildman–Crippen LogP) is 5.98. The fourth-order valence-corrected chi connectivity index (χ4v) is 3.73. The number of esters is 2. The van der Waals surface area contributed by atoms with Crippen LogP contribution >= 0.6 is 7.82 Å². The van der Waals surface area contributed by atoms with E-state index in [2.05, 4.69) is 49.5 Å². The number of rotatable bonds is 24. The molecule has 2 atom stereocenters. The number of carbonyl (C=O) groups is 2. The van der Waals surface area contributed by atoms with E-state index in [1.165, 1.54) is 0 Å². The molecule has 0 bridgehead atoms. The summed E-state index contributed by atoms with van der Waals surface area (Å²) >= 11 is 0. The van der Waals surface area contributed by atoms with E-state index < -0.39 is 32.5 Å². The van der Waals surface area contributed by atoms with Crippen LogP contribution in [0.2, 0.25) is 0 Å². The number of nitrogens with zero attached hydrogens (tertiary/aromatic N) is 1. The second-order valence-corrected chi connectivity index (χ2v) is 11.8. The molecular weight excluding hydrogens is 545 g/mol. The van der Waals surface area contributed by atoms with Gasteiger partial charge in [0.25, 0.3) is 7.82 Å². The first-order valence-corrected chi connectivity index (χ1v) is 16.0. The van der Waals surface area contributed by atoms with Crippen LogP contribution in [-0.2, 0) is 32.7 Å². The molecule has 0 aromatic rings. The summed E-state index contributed by atoms with van der Waals surface area (Å²) in [5.74, 6) is -1.04. The number of unbranched alkanes of at least 4 members (excludes halogenated alkanes) is 1. The monoisotopic (exact) mass is 597 g/mol. The molecule has 2 unspecified atom stereocenters. The van der Waals surface area contributed by atoms with Crippen molar-refractivity contribution in [1.82, 2.24) is 0 Å². The minimum Gasteiger partial charge on any atom is -0.756 e. The average molecular weight is 598 g/mol. The predicted molar refractivity (Wildman–Crippen MR) is 162 cm³/mol. The number of likely N-dealkylation sites (N-methyl/N-ethyl adjacent to an activating group) is 1. The van der Waals surface area contributed by atoms with Crippen molar-refractivity contribution >= 4 is 19.8 Å². The highest BCUT2D eigenvalue weighted by molar-refractivity contribution is 7.45. The minimum atomic E-state index is -4.62. The molecule has 0 rings (SSSR count). The van der Waals surface area contributed by atoms with Crippen LogP contribution < -0.4 is 4.89 Å². The first-order chi connectivity index (χ1) is 19.5. The van der Waals surface area contributed by atoms with Crippen molar-refractivity contribution in [3.63, 3.8) is 0 Å². The summed E-state index contributed by atoms with van der Waals surface area (Å²) < 4.78 is 32.9. The van der Waals surface area contributed by atoms with Crippen molar-refractivity contribution in [3.8, 4) is 0 Å². The van der Waals surface area contributed by atoms with E-state index in [9.17, 15) is 19.0 Å². The lowest BCUT2D eigenvalue weighted by molar-refractivity contribution is -0.870. The van der Waals surface area contributed by atoms with E-state index in [4.69, 9.17) is 18.5 Å². The molecule has 0 amide bonds. The van der Waals surface area contributed by atoms with Gasteiger partial charge in [-0.25, -0.2) is 0 Å². The number of phosphoric ester groups is 1. The third-order valence-electron chi connectivity index (χ3n) is 5.34. The second-order valence-electron chi connectivity index (χ2n) is 10.4. The van der Waals surface area contributed by atoms with Gasteiger partial charge < -0.3 is 27.9 Å². The number of quaternary nitrogens is 1. The molecule has 0 aliphatic carbocycles. The fourth-order valence-electron chi connectivity index (χ4n) is 3.00. The number of carbonyl (C=O) groups excluding carboxylic acids is 2. The zero-order valence-corrected chi connectivity index (χ0v) is 26.6. The molecule has 0 N–H and O–H groups in total. The van der Waals surface area contributed by atoms with Gasteiger partial charge in [0.05, 0.1) is 34.2 Å². The zero-order valence-electron chi connectivity index (χ0n) is 25.7. The molecule has 0 aromatic heterocycles. The minimum absolute atomic E-state index is 0.0111. The number of ether oxygens (including phenoxy) is 2. The van der Waals surface area contributed by atoms with Crippen molar-refractivity contribution in [1.29, 1.82) is 0 Å². The van der Waals surface area contributed by atoms with Crippen LogP contribution in [-0.4, -0.2) is 70.0 Å². The number of allylic oxidation sites excluding steroid dienone is 9.